The molecule has 0 saturated carbocycles. The fraction of sp³-hybridized carbons (Fsp3) is 0. The van der Waals surface area contributed by atoms with E-state index in [4.69, 9.17) is 5.11 Å². The van der Waals surface area contributed by atoms with Gasteiger partial charge < -0.3 is 10.4 Å². The van der Waals surface area contributed by atoms with Gasteiger partial charge >= 0.3 is 5.97 Å². The first kappa shape index (κ1) is 13.9. The van der Waals surface area contributed by atoms with Crippen molar-refractivity contribution in [2.24, 2.45) is 0 Å². The molecule has 8 heteroatoms. The molecule has 0 radical (unpaired) electrons. The number of aromatic nitrogens is 5. The molecule has 0 aliphatic rings. The van der Waals surface area contributed by atoms with E-state index in [1.807, 2.05) is 10.6 Å². The molecule has 0 amide bonds. The van der Waals surface area contributed by atoms with Gasteiger partial charge in [-0.15, -0.1) is 0 Å². The molecular weight excluding hydrogens is 308 g/mol. The summed E-state index contributed by atoms with van der Waals surface area (Å²) in [5.74, 6) is -0.380. The monoisotopic (exact) mass is 320 g/mol. The number of imidazole rings is 1. The first-order chi connectivity index (χ1) is 11.7. The Kier molecular flexibility index (Phi) is 3.20. The average Bonchev–Trinajstić information content (AvgIpc) is 3.27. The quantitative estimate of drug-likeness (QED) is 0.533. The first-order valence-electron chi connectivity index (χ1n) is 7.14. The molecule has 4 rings (SSSR count). The minimum Gasteiger partial charge on any atom is -0.478 e. The van der Waals surface area contributed by atoms with Crippen LogP contribution in [0.15, 0.2) is 55.2 Å². The molecule has 118 valence electrons. The molecule has 0 fully saturated rings. The number of nitrogens with one attached hydrogen (secondary N) is 2. The fourth-order valence-electron chi connectivity index (χ4n) is 2.44. The third-order valence-corrected chi connectivity index (χ3v) is 3.62. The Morgan fingerprint density at radius 3 is 2.71 bits per heavy atom. The molecule has 3 N–H and O–H groups in total. The summed E-state index contributed by atoms with van der Waals surface area (Å²) in [5, 5.41) is 18.8. The van der Waals surface area contributed by atoms with Crippen molar-refractivity contribution in [1.82, 2.24) is 24.6 Å². The molecule has 8 nitrogen and oxygen atoms in total. The van der Waals surface area contributed by atoms with Gasteiger partial charge in [0.1, 0.15) is 0 Å². The number of H-pyrrole nitrogens is 1. The minimum absolute atomic E-state index is 0.231. The number of hydrogen-bond donors (Lipinski definition) is 3. The molecule has 0 atom stereocenters. The van der Waals surface area contributed by atoms with Crippen molar-refractivity contribution in [3.63, 3.8) is 0 Å². The molecule has 0 unspecified atom stereocenters. The number of nitrogens with zero attached hydrogens (tertiary/aromatic N) is 4. The highest BCUT2D eigenvalue weighted by Gasteiger charge is 2.11. The Labute approximate surface area is 135 Å². The molecule has 0 spiro atoms. The van der Waals surface area contributed by atoms with Crippen LogP contribution in [0.5, 0.6) is 0 Å². The summed E-state index contributed by atoms with van der Waals surface area (Å²) in [5.41, 5.74) is 3.39. The van der Waals surface area contributed by atoms with Gasteiger partial charge in [-0.25, -0.2) is 14.8 Å². The van der Waals surface area contributed by atoms with Crippen molar-refractivity contribution in [3.05, 3.63) is 60.8 Å². The molecule has 0 saturated heterocycles. The van der Waals surface area contributed by atoms with E-state index in [0.29, 0.717) is 11.5 Å². The Hall–Kier alpha value is -3.68. The van der Waals surface area contributed by atoms with E-state index < -0.39 is 5.97 Å². The summed E-state index contributed by atoms with van der Waals surface area (Å²) in [6.45, 7) is 0. The highest BCUT2D eigenvalue weighted by atomic mass is 16.4. The lowest BCUT2D eigenvalue weighted by molar-refractivity contribution is 0.0697. The Balaban J connectivity index is 1.72. The summed E-state index contributed by atoms with van der Waals surface area (Å²) < 4.78 is 1.91. The lowest BCUT2D eigenvalue weighted by Crippen LogP contribution is -2.01. The maximum Gasteiger partial charge on any atom is 0.335 e. The topological polar surface area (TPSA) is 108 Å². The van der Waals surface area contributed by atoms with Gasteiger partial charge in [0.2, 0.25) is 0 Å². The van der Waals surface area contributed by atoms with Gasteiger partial charge in [-0.3, -0.25) is 9.50 Å². The largest absolute Gasteiger partial charge is 0.478 e. The van der Waals surface area contributed by atoms with Gasteiger partial charge in [-0.2, -0.15) is 5.10 Å². The standard InChI is InChI=1S/C16H12N6O2/c23-16(24)10-1-3-12(4-2-10)21-14-15-17-5-6-22(15)13(9-18-14)11-7-19-20-8-11/h1-9H,(H,18,21)(H,19,20)(H,23,24). The van der Waals surface area contributed by atoms with E-state index in [0.717, 1.165) is 16.9 Å². The van der Waals surface area contributed by atoms with Crippen LogP contribution in [0.2, 0.25) is 0 Å². The highest BCUT2D eigenvalue weighted by molar-refractivity contribution is 5.88. The number of hydrogen-bond acceptors (Lipinski definition) is 5. The first-order valence-corrected chi connectivity index (χ1v) is 7.14. The van der Waals surface area contributed by atoms with Crippen molar-refractivity contribution in [1.29, 1.82) is 0 Å². The van der Waals surface area contributed by atoms with Crippen LogP contribution in [0.1, 0.15) is 10.4 Å². The van der Waals surface area contributed by atoms with Gasteiger partial charge in [0.25, 0.3) is 0 Å². The van der Waals surface area contributed by atoms with Crippen molar-refractivity contribution in [2.75, 3.05) is 5.32 Å². The number of fused-ring (bicyclic) bond motifs is 1. The van der Waals surface area contributed by atoms with E-state index >= 15 is 0 Å². The summed E-state index contributed by atoms with van der Waals surface area (Å²) in [7, 11) is 0. The maximum absolute atomic E-state index is 10.9. The van der Waals surface area contributed by atoms with Gasteiger partial charge in [-0.05, 0) is 24.3 Å². The van der Waals surface area contributed by atoms with Crippen molar-refractivity contribution in [3.8, 4) is 11.3 Å². The lowest BCUT2D eigenvalue weighted by atomic mass is 10.2. The van der Waals surface area contributed by atoms with Gasteiger partial charge in [0.15, 0.2) is 11.5 Å². The third-order valence-electron chi connectivity index (χ3n) is 3.62. The third kappa shape index (κ3) is 2.35. The zero-order valence-corrected chi connectivity index (χ0v) is 12.3. The van der Waals surface area contributed by atoms with Gasteiger partial charge in [0, 0.05) is 29.8 Å². The second-order valence-corrected chi connectivity index (χ2v) is 5.11. The highest BCUT2D eigenvalue weighted by Crippen LogP contribution is 2.24. The van der Waals surface area contributed by atoms with Crippen LogP contribution < -0.4 is 5.32 Å². The molecular formula is C16H12N6O2. The van der Waals surface area contributed by atoms with Crippen LogP contribution in [0.25, 0.3) is 16.9 Å². The lowest BCUT2D eigenvalue weighted by Gasteiger charge is -2.09. The molecule has 3 heterocycles. The maximum atomic E-state index is 10.9. The molecule has 24 heavy (non-hydrogen) atoms. The van der Waals surface area contributed by atoms with Crippen LogP contribution in [-0.2, 0) is 0 Å². The summed E-state index contributed by atoms with van der Waals surface area (Å²) >= 11 is 0. The molecule has 0 bridgehead atoms. The van der Waals surface area contributed by atoms with Crippen LogP contribution in [0.4, 0.5) is 11.5 Å². The second kappa shape index (κ2) is 5.51. The molecule has 3 aromatic heterocycles. The van der Waals surface area contributed by atoms with Crippen molar-refractivity contribution in [2.45, 2.75) is 0 Å². The number of carboxylic acids is 1. The predicted molar refractivity (Wildman–Crippen MR) is 87.3 cm³/mol. The number of carboxylic acid groups (broad SMARTS) is 1. The molecule has 1 aromatic carbocycles. The number of aromatic carboxylic acids is 1. The van der Waals surface area contributed by atoms with Crippen LogP contribution >= 0.6 is 0 Å². The summed E-state index contributed by atoms with van der Waals surface area (Å²) in [6.07, 6.45) is 8.77. The minimum atomic E-state index is -0.959. The average molecular weight is 320 g/mol. The number of rotatable bonds is 4. The van der Waals surface area contributed by atoms with Crippen LogP contribution in [-0.4, -0.2) is 35.6 Å². The van der Waals surface area contributed by atoms with Crippen LogP contribution in [0.3, 0.4) is 0 Å². The van der Waals surface area contributed by atoms with E-state index in [2.05, 4.69) is 25.5 Å². The smallest absolute Gasteiger partial charge is 0.335 e. The Morgan fingerprint density at radius 1 is 1.17 bits per heavy atom. The van der Waals surface area contributed by atoms with E-state index in [-0.39, 0.29) is 5.56 Å². The Bertz CT molecular complexity index is 1000. The van der Waals surface area contributed by atoms with Crippen molar-refractivity contribution < 1.29 is 9.90 Å². The zero-order chi connectivity index (χ0) is 16.5. The number of aromatic amines is 1. The van der Waals surface area contributed by atoms with E-state index in [9.17, 15) is 4.79 Å². The fourth-order valence-corrected chi connectivity index (χ4v) is 2.44. The zero-order valence-electron chi connectivity index (χ0n) is 12.3. The Morgan fingerprint density at radius 2 is 2.00 bits per heavy atom. The van der Waals surface area contributed by atoms with Crippen molar-refractivity contribution >= 4 is 23.1 Å². The van der Waals surface area contributed by atoms with E-state index in [1.165, 1.54) is 12.1 Å². The SMILES string of the molecule is O=C(O)c1ccc(Nc2ncc(-c3cn[nH]c3)n3ccnc23)cc1. The predicted octanol–water partition coefficient (Wildman–Crippen LogP) is 2.56. The summed E-state index contributed by atoms with van der Waals surface area (Å²) in [4.78, 5) is 19.7. The number of benzene rings is 1. The molecule has 0 aliphatic carbocycles. The second-order valence-electron chi connectivity index (χ2n) is 5.11. The number of anilines is 2. The van der Waals surface area contributed by atoms with Crippen LogP contribution in [0, 0.1) is 0 Å². The normalized spacial score (nSPS) is 10.8. The number of carbonyl (C=O) groups is 1. The van der Waals surface area contributed by atoms with Gasteiger partial charge in [0.05, 0.1) is 23.7 Å². The van der Waals surface area contributed by atoms with E-state index in [1.54, 1.807) is 36.9 Å². The summed E-state index contributed by atoms with van der Waals surface area (Å²) in [6, 6.07) is 6.45. The van der Waals surface area contributed by atoms with Gasteiger partial charge in [-0.1, -0.05) is 0 Å². The molecule has 0 aliphatic heterocycles. The molecule has 4 aromatic rings.